The molecule has 0 aliphatic rings. The van der Waals surface area contributed by atoms with Gasteiger partial charge in [0.1, 0.15) is 11.6 Å². The molecule has 0 atom stereocenters. The number of aromatic nitrogens is 2. The van der Waals surface area contributed by atoms with E-state index < -0.39 is 5.82 Å². The predicted molar refractivity (Wildman–Crippen MR) is 70.6 cm³/mol. The predicted octanol–water partition coefficient (Wildman–Crippen LogP) is 3.17. The van der Waals surface area contributed by atoms with Crippen LogP contribution >= 0.6 is 0 Å². The van der Waals surface area contributed by atoms with Gasteiger partial charge in [-0.3, -0.25) is 0 Å². The van der Waals surface area contributed by atoms with Gasteiger partial charge in [-0.15, -0.1) is 0 Å². The number of hydrogen-bond acceptors (Lipinski definition) is 4. The monoisotopic (exact) mass is 270 g/mol. The van der Waals surface area contributed by atoms with E-state index in [1.807, 2.05) is 30.3 Å². The molecule has 4 nitrogen and oxygen atoms in total. The highest BCUT2D eigenvalue weighted by Gasteiger charge is 2.13. The molecular weight excluding hydrogens is 259 g/mol. The normalized spacial score (nSPS) is 10.7. The topological polar surface area (TPSA) is 59.2 Å². The molecule has 3 aromatic rings. The van der Waals surface area contributed by atoms with E-state index in [9.17, 15) is 9.50 Å². The van der Waals surface area contributed by atoms with Gasteiger partial charge in [0.15, 0.2) is 5.82 Å². The first-order valence-corrected chi connectivity index (χ1v) is 6.08. The summed E-state index contributed by atoms with van der Waals surface area (Å²) in [5.74, 6) is -0.0569. The zero-order chi connectivity index (χ0) is 13.9. The first-order valence-electron chi connectivity index (χ1n) is 6.08. The summed E-state index contributed by atoms with van der Waals surface area (Å²) in [4.78, 5) is 4.21. The summed E-state index contributed by atoms with van der Waals surface area (Å²) < 4.78 is 18.0. The second-order valence-electron chi connectivity index (χ2n) is 4.34. The molecular formula is C15H11FN2O2. The van der Waals surface area contributed by atoms with Crippen LogP contribution in [0.4, 0.5) is 4.39 Å². The lowest BCUT2D eigenvalue weighted by molar-refractivity contribution is 0.418. The van der Waals surface area contributed by atoms with Gasteiger partial charge in [0, 0.05) is 12.5 Å². The Hall–Kier alpha value is -2.69. The molecule has 0 amide bonds. The number of halogens is 1. The average Bonchev–Trinajstić information content (AvgIpc) is 2.88. The molecule has 0 unspecified atom stereocenters. The molecule has 0 saturated carbocycles. The van der Waals surface area contributed by atoms with Crippen molar-refractivity contribution in [1.82, 2.24) is 10.1 Å². The number of benzene rings is 2. The van der Waals surface area contributed by atoms with Crippen LogP contribution < -0.4 is 0 Å². The quantitative estimate of drug-likeness (QED) is 0.794. The molecule has 0 radical (unpaired) electrons. The third kappa shape index (κ3) is 2.51. The van der Waals surface area contributed by atoms with Crippen LogP contribution in [-0.4, -0.2) is 15.2 Å². The molecule has 20 heavy (non-hydrogen) atoms. The van der Waals surface area contributed by atoms with Gasteiger partial charge in [0.05, 0.1) is 5.56 Å². The summed E-state index contributed by atoms with van der Waals surface area (Å²) in [5, 5.41) is 13.5. The van der Waals surface area contributed by atoms with Crippen molar-refractivity contribution in [3.8, 4) is 17.2 Å². The van der Waals surface area contributed by atoms with Crippen LogP contribution in [0.25, 0.3) is 11.5 Å². The molecule has 1 aromatic heterocycles. The highest BCUT2D eigenvalue weighted by molar-refractivity contribution is 5.61. The van der Waals surface area contributed by atoms with Crippen molar-refractivity contribution in [3.05, 3.63) is 65.7 Å². The zero-order valence-electron chi connectivity index (χ0n) is 10.5. The van der Waals surface area contributed by atoms with Gasteiger partial charge in [-0.05, 0) is 17.7 Å². The van der Waals surface area contributed by atoms with Gasteiger partial charge < -0.3 is 9.63 Å². The van der Waals surface area contributed by atoms with Gasteiger partial charge in [0.2, 0.25) is 0 Å². The minimum atomic E-state index is -0.518. The minimum Gasteiger partial charge on any atom is -0.507 e. The molecule has 0 bridgehead atoms. The van der Waals surface area contributed by atoms with E-state index in [1.165, 1.54) is 12.1 Å². The van der Waals surface area contributed by atoms with E-state index in [1.54, 1.807) is 0 Å². The standard InChI is InChI=1S/C15H11FN2O2/c16-11-6-7-12(13(19)9-11)15-17-14(18-20-15)8-10-4-2-1-3-5-10/h1-7,9,19H,8H2. The largest absolute Gasteiger partial charge is 0.507 e. The number of phenolic OH excluding ortho intramolecular Hbond substituents is 1. The SMILES string of the molecule is Oc1cc(F)ccc1-c1nc(Cc2ccccc2)no1. The van der Waals surface area contributed by atoms with Crippen molar-refractivity contribution < 1.29 is 14.0 Å². The van der Waals surface area contributed by atoms with Crippen LogP contribution in [0.3, 0.4) is 0 Å². The van der Waals surface area contributed by atoms with Crippen LogP contribution in [0.2, 0.25) is 0 Å². The summed E-state index contributed by atoms with van der Waals surface area (Å²) in [5.41, 5.74) is 1.38. The molecule has 5 heteroatoms. The zero-order valence-corrected chi connectivity index (χ0v) is 10.5. The first-order chi connectivity index (χ1) is 9.72. The van der Waals surface area contributed by atoms with E-state index in [0.717, 1.165) is 11.6 Å². The molecule has 100 valence electrons. The smallest absolute Gasteiger partial charge is 0.261 e. The molecule has 0 spiro atoms. The Morgan fingerprint density at radius 3 is 2.65 bits per heavy atom. The Morgan fingerprint density at radius 2 is 1.90 bits per heavy atom. The highest BCUT2D eigenvalue weighted by Crippen LogP contribution is 2.28. The Morgan fingerprint density at radius 1 is 1.10 bits per heavy atom. The van der Waals surface area contributed by atoms with Crippen LogP contribution in [0.15, 0.2) is 53.1 Å². The van der Waals surface area contributed by atoms with Crippen molar-refractivity contribution in [2.75, 3.05) is 0 Å². The van der Waals surface area contributed by atoms with Gasteiger partial charge in [-0.2, -0.15) is 4.98 Å². The van der Waals surface area contributed by atoms with Crippen molar-refractivity contribution >= 4 is 0 Å². The van der Waals surface area contributed by atoms with Crippen LogP contribution in [-0.2, 0) is 6.42 Å². The van der Waals surface area contributed by atoms with E-state index in [2.05, 4.69) is 10.1 Å². The lowest BCUT2D eigenvalue weighted by Gasteiger charge is -1.98. The number of rotatable bonds is 3. The number of nitrogens with zero attached hydrogens (tertiary/aromatic N) is 2. The molecule has 3 rings (SSSR count). The van der Waals surface area contributed by atoms with Crippen molar-refractivity contribution in [1.29, 1.82) is 0 Å². The van der Waals surface area contributed by atoms with Crippen molar-refractivity contribution in [3.63, 3.8) is 0 Å². The van der Waals surface area contributed by atoms with Gasteiger partial charge in [-0.1, -0.05) is 35.5 Å². The fourth-order valence-electron chi connectivity index (χ4n) is 1.90. The second-order valence-corrected chi connectivity index (χ2v) is 4.34. The first kappa shape index (κ1) is 12.3. The summed E-state index contributed by atoms with van der Waals surface area (Å²) in [6, 6.07) is 13.4. The number of hydrogen-bond donors (Lipinski definition) is 1. The molecule has 0 fully saturated rings. The Labute approximate surface area is 114 Å². The fraction of sp³-hybridized carbons (Fsp3) is 0.0667. The lowest BCUT2D eigenvalue weighted by atomic mass is 10.1. The van der Waals surface area contributed by atoms with Gasteiger partial charge >= 0.3 is 0 Å². The van der Waals surface area contributed by atoms with Crippen LogP contribution in [0, 0.1) is 5.82 Å². The molecule has 2 aromatic carbocycles. The summed E-state index contributed by atoms with van der Waals surface area (Å²) in [7, 11) is 0. The molecule has 1 heterocycles. The number of aromatic hydroxyl groups is 1. The van der Waals surface area contributed by atoms with E-state index in [-0.39, 0.29) is 11.6 Å². The molecule has 0 aliphatic heterocycles. The maximum absolute atomic E-state index is 12.9. The molecule has 0 saturated heterocycles. The maximum atomic E-state index is 12.9. The summed E-state index contributed by atoms with van der Waals surface area (Å²) in [6.07, 6.45) is 0.534. The third-order valence-electron chi connectivity index (χ3n) is 2.86. The lowest BCUT2D eigenvalue weighted by Crippen LogP contribution is -1.90. The Bertz CT molecular complexity index is 726. The van der Waals surface area contributed by atoms with E-state index in [0.29, 0.717) is 17.8 Å². The van der Waals surface area contributed by atoms with Crippen LogP contribution in [0.5, 0.6) is 5.75 Å². The average molecular weight is 270 g/mol. The second kappa shape index (κ2) is 5.13. The summed E-state index contributed by atoms with van der Waals surface area (Å²) in [6.45, 7) is 0. The van der Waals surface area contributed by atoms with E-state index >= 15 is 0 Å². The Kier molecular flexibility index (Phi) is 3.16. The highest BCUT2D eigenvalue weighted by atomic mass is 19.1. The van der Waals surface area contributed by atoms with Crippen molar-refractivity contribution in [2.45, 2.75) is 6.42 Å². The minimum absolute atomic E-state index is 0.174. The van der Waals surface area contributed by atoms with Gasteiger partial charge in [-0.25, -0.2) is 4.39 Å². The van der Waals surface area contributed by atoms with Crippen LogP contribution in [0.1, 0.15) is 11.4 Å². The molecule has 0 aliphatic carbocycles. The molecule has 1 N–H and O–H groups in total. The fourth-order valence-corrected chi connectivity index (χ4v) is 1.90. The maximum Gasteiger partial charge on any atom is 0.261 e. The summed E-state index contributed by atoms with van der Waals surface area (Å²) >= 11 is 0. The third-order valence-corrected chi connectivity index (χ3v) is 2.86. The number of phenols is 1. The van der Waals surface area contributed by atoms with Crippen molar-refractivity contribution in [2.24, 2.45) is 0 Å². The Balaban J connectivity index is 1.87. The van der Waals surface area contributed by atoms with E-state index in [4.69, 9.17) is 4.52 Å². The van der Waals surface area contributed by atoms with Gasteiger partial charge in [0.25, 0.3) is 5.89 Å².